The van der Waals surface area contributed by atoms with Crippen LogP contribution in [0.15, 0.2) is 83.4 Å². The van der Waals surface area contributed by atoms with Crippen molar-refractivity contribution in [3.63, 3.8) is 0 Å². The molecule has 1 aromatic heterocycles. The Bertz CT molecular complexity index is 1120. The van der Waals surface area contributed by atoms with Crippen LogP contribution in [0.4, 0.5) is 5.82 Å². The molecule has 0 saturated carbocycles. The number of nitrogens with one attached hydrogen (secondary N) is 2. The molecule has 0 aliphatic carbocycles. The molecule has 1 saturated heterocycles. The minimum atomic E-state index is -0.0281. The minimum absolute atomic E-state index is 0.0281. The van der Waals surface area contributed by atoms with E-state index in [1.807, 2.05) is 12.1 Å². The van der Waals surface area contributed by atoms with E-state index in [0.29, 0.717) is 12.4 Å². The normalized spacial score (nSPS) is 15.3. The van der Waals surface area contributed by atoms with Gasteiger partial charge in [0.25, 0.3) is 5.56 Å². The predicted octanol–water partition coefficient (Wildman–Crippen LogP) is 4.40. The minimum Gasteiger partial charge on any atom is -0.363 e. The van der Waals surface area contributed by atoms with E-state index in [0.717, 1.165) is 52.0 Å². The van der Waals surface area contributed by atoms with Gasteiger partial charge < -0.3 is 15.2 Å². The third-order valence-electron chi connectivity index (χ3n) is 6.45. The molecule has 1 aliphatic rings. The zero-order chi connectivity index (χ0) is 24.3. The molecule has 0 atom stereocenters. The van der Waals surface area contributed by atoms with E-state index in [2.05, 4.69) is 82.0 Å². The van der Waals surface area contributed by atoms with Crippen molar-refractivity contribution in [2.45, 2.75) is 45.3 Å². The Hall–Kier alpha value is -3.22. The SMILES string of the molecule is C/C(=C\c1ccccc1)CN1CCC(Nc2nccn(CCCNCc3ccccc3)c2=O)CC1. The highest BCUT2D eigenvalue weighted by atomic mass is 16.1. The monoisotopic (exact) mass is 471 g/mol. The summed E-state index contributed by atoms with van der Waals surface area (Å²) in [7, 11) is 0. The number of nitrogens with zero attached hydrogens (tertiary/aromatic N) is 3. The molecular formula is C29H37N5O. The van der Waals surface area contributed by atoms with Crippen molar-refractivity contribution in [2.75, 3.05) is 31.5 Å². The molecule has 2 heterocycles. The van der Waals surface area contributed by atoms with E-state index in [1.54, 1.807) is 17.0 Å². The average molecular weight is 472 g/mol. The van der Waals surface area contributed by atoms with E-state index in [1.165, 1.54) is 16.7 Å². The summed E-state index contributed by atoms with van der Waals surface area (Å²) in [5, 5.41) is 6.87. The largest absolute Gasteiger partial charge is 0.363 e. The van der Waals surface area contributed by atoms with Gasteiger partial charge in [-0.1, -0.05) is 72.3 Å². The van der Waals surface area contributed by atoms with Gasteiger partial charge >= 0.3 is 0 Å². The molecule has 2 N–H and O–H groups in total. The van der Waals surface area contributed by atoms with E-state index < -0.39 is 0 Å². The molecule has 1 fully saturated rings. The van der Waals surface area contributed by atoms with Gasteiger partial charge in [0.05, 0.1) is 0 Å². The summed E-state index contributed by atoms with van der Waals surface area (Å²) in [6.07, 6.45) is 8.70. The lowest BCUT2D eigenvalue weighted by atomic mass is 10.0. The van der Waals surface area contributed by atoms with Crippen molar-refractivity contribution in [3.05, 3.63) is 100 Å². The van der Waals surface area contributed by atoms with Crippen LogP contribution >= 0.6 is 0 Å². The molecule has 0 unspecified atom stereocenters. The smallest absolute Gasteiger partial charge is 0.293 e. The Kier molecular flexibility index (Phi) is 9.26. The number of piperidine rings is 1. The lowest BCUT2D eigenvalue weighted by Gasteiger charge is -2.32. The lowest BCUT2D eigenvalue weighted by Crippen LogP contribution is -2.41. The third kappa shape index (κ3) is 7.91. The Balaban J connectivity index is 1.20. The molecule has 184 valence electrons. The van der Waals surface area contributed by atoms with Crippen molar-refractivity contribution in [1.29, 1.82) is 0 Å². The molecule has 0 amide bonds. The van der Waals surface area contributed by atoms with Crippen LogP contribution in [0.3, 0.4) is 0 Å². The maximum absolute atomic E-state index is 12.9. The average Bonchev–Trinajstić information content (AvgIpc) is 2.88. The highest BCUT2D eigenvalue weighted by Crippen LogP contribution is 2.16. The Morgan fingerprint density at radius 3 is 2.51 bits per heavy atom. The van der Waals surface area contributed by atoms with Gasteiger partial charge in [0, 0.05) is 51.2 Å². The van der Waals surface area contributed by atoms with E-state index in [-0.39, 0.29) is 11.6 Å². The van der Waals surface area contributed by atoms with Crippen LogP contribution in [0.5, 0.6) is 0 Å². The molecule has 3 aromatic rings. The maximum Gasteiger partial charge on any atom is 0.293 e. The molecule has 0 bridgehead atoms. The van der Waals surface area contributed by atoms with Gasteiger partial charge in [-0.05, 0) is 43.9 Å². The van der Waals surface area contributed by atoms with Crippen LogP contribution in [0.25, 0.3) is 6.08 Å². The number of hydrogen-bond donors (Lipinski definition) is 2. The first-order valence-corrected chi connectivity index (χ1v) is 12.7. The molecule has 2 aromatic carbocycles. The lowest BCUT2D eigenvalue weighted by molar-refractivity contribution is 0.236. The summed E-state index contributed by atoms with van der Waals surface area (Å²) in [5.74, 6) is 0.475. The zero-order valence-electron chi connectivity index (χ0n) is 20.7. The van der Waals surface area contributed by atoms with Crippen LogP contribution in [-0.4, -0.2) is 46.7 Å². The van der Waals surface area contributed by atoms with Gasteiger partial charge in [-0.15, -0.1) is 0 Å². The number of anilines is 1. The van der Waals surface area contributed by atoms with Crippen LogP contribution in [0.2, 0.25) is 0 Å². The maximum atomic E-state index is 12.9. The highest BCUT2D eigenvalue weighted by molar-refractivity contribution is 5.52. The van der Waals surface area contributed by atoms with Crippen molar-refractivity contribution in [3.8, 4) is 0 Å². The number of hydrogen-bond acceptors (Lipinski definition) is 5. The van der Waals surface area contributed by atoms with Crippen molar-refractivity contribution in [2.24, 2.45) is 0 Å². The Labute approximate surface area is 208 Å². The quantitative estimate of drug-likeness (QED) is 0.406. The first-order valence-electron chi connectivity index (χ1n) is 12.7. The fourth-order valence-electron chi connectivity index (χ4n) is 4.59. The van der Waals surface area contributed by atoms with Gasteiger partial charge in [-0.25, -0.2) is 4.98 Å². The van der Waals surface area contributed by atoms with Crippen LogP contribution in [0.1, 0.15) is 37.3 Å². The van der Waals surface area contributed by atoms with Gasteiger partial charge in [0.1, 0.15) is 0 Å². The molecule has 35 heavy (non-hydrogen) atoms. The molecule has 6 heteroatoms. The van der Waals surface area contributed by atoms with Gasteiger partial charge in [0.2, 0.25) is 0 Å². The Morgan fingerprint density at radius 2 is 1.77 bits per heavy atom. The van der Waals surface area contributed by atoms with Crippen molar-refractivity contribution < 1.29 is 0 Å². The van der Waals surface area contributed by atoms with E-state index >= 15 is 0 Å². The summed E-state index contributed by atoms with van der Waals surface area (Å²) >= 11 is 0. The summed E-state index contributed by atoms with van der Waals surface area (Å²) in [6.45, 7) is 7.62. The molecule has 0 radical (unpaired) electrons. The number of likely N-dealkylation sites (tertiary alicyclic amines) is 1. The van der Waals surface area contributed by atoms with E-state index in [4.69, 9.17) is 0 Å². The molecular weight excluding hydrogens is 434 g/mol. The number of aryl methyl sites for hydroxylation is 1. The van der Waals surface area contributed by atoms with Gasteiger partial charge in [-0.2, -0.15) is 0 Å². The van der Waals surface area contributed by atoms with Crippen molar-refractivity contribution in [1.82, 2.24) is 19.8 Å². The summed E-state index contributed by atoms with van der Waals surface area (Å²) in [6, 6.07) is 21.1. The second-order valence-electron chi connectivity index (χ2n) is 9.39. The number of rotatable bonds is 11. The molecule has 0 spiro atoms. The summed E-state index contributed by atoms with van der Waals surface area (Å²) in [5.41, 5.74) is 3.86. The standard InChI is InChI=1S/C29H37N5O/c1-24(21-25-9-4-2-5-10-25)23-33-18-13-27(14-19-33)32-28-29(35)34(20-16-31-28)17-8-15-30-22-26-11-6-3-7-12-26/h2-7,9-12,16,20-21,27,30H,8,13-15,17-19,22-23H2,1H3,(H,31,32)/b24-21+. The predicted molar refractivity (Wildman–Crippen MR) is 144 cm³/mol. The zero-order valence-corrected chi connectivity index (χ0v) is 20.7. The van der Waals surface area contributed by atoms with Gasteiger partial charge in [0.15, 0.2) is 5.82 Å². The number of benzene rings is 2. The van der Waals surface area contributed by atoms with Crippen molar-refractivity contribution >= 4 is 11.9 Å². The highest BCUT2D eigenvalue weighted by Gasteiger charge is 2.20. The van der Waals surface area contributed by atoms with Crippen LogP contribution < -0.4 is 16.2 Å². The molecule has 1 aliphatic heterocycles. The van der Waals surface area contributed by atoms with Gasteiger partial charge in [-0.3, -0.25) is 9.69 Å². The topological polar surface area (TPSA) is 62.2 Å². The fraction of sp³-hybridized carbons (Fsp3) is 0.379. The number of aromatic nitrogens is 2. The first-order chi connectivity index (χ1) is 17.2. The Morgan fingerprint density at radius 1 is 1.06 bits per heavy atom. The molecule has 6 nitrogen and oxygen atoms in total. The summed E-state index contributed by atoms with van der Waals surface area (Å²) < 4.78 is 1.77. The first kappa shape index (κ1) is 24.9. The summed E-state index contributed by atoms with van der Waals surface area (Å²) in [4.78, 5) is 19.8. The van der Waals surface area contributed by atoms with Crippen LogP contribution in [0, 0.1) is 0 Å². The van der Waals surface area contributed by atoms with E-state index in [9.17, 15) is 4.79 Å². The second kappa shape index (κ2) is 13.0. The van der Waals surface area contributed by atoms with Crippen LogP contribution in [-0.2, 0) is 13.1 Å². The second-order valence-corrected chi connectivity index (χ2v) is 9.39. The fourth-order valence-corrected chi connectivity index (χ4v) is 4.59. The molecule has 4 rings (SSSR count). The third-order valence-corrected chi connectivity index (χ3v) is 6.45.